The predicted octanol–water partition coefficient (Wildman–Crippen LogP) is 3.45. The minimum Gasteiger partial charge on any atom is -0.390 e. The van der Waals surface area contributed by atoms with Crippen LogP contribution in [0.4, 0.5) is 0 Å². The Morgan fingerprint density at radius 1 is 1.44 bits per heavy atom. The van der Waals surface area contributed by atoms with Crippen LogP contribution < -0.4 is 0 Å². The Kier molecular flexibility index (Phi) is 4.79. The monoisotopic (exact) mass is 252 g/mol. The van der Waals surface area contributed by atoms with Gasteiger partial charge < -0.3 is 10.2 Å². The third-order valence-corrected chi connectivity index (χ3v) is 4.11. The number of aliphatic hydroxyl groups is 2. The summed E-state index contributed by atoms with van der Waals surface area (Å²) in [5.74, 6) is 0.149. The quantitative estimate of drug-likeness (QED) is 0.752. The zero-order chi connectivity index (χ0) is 14.0. The molecule has 1 rings (SSSR count). The van der Waals surface area contributed by atoms with Crippen LogP contribution in [0.2, 0.25) is 0 Å². The van der Waals surface area contributed by atoms with Crippen molar-refractivity contribution >= 4 is 0 Å². The molecule has 2 heteroatoms. The molecular weight excluding hydrogens is 224 g/mol. The molecule has 0 bridgehead atoms. The van der Waals surface area contributed by atoms with Crippen molar-refractivity contribution in [3.63, 3.8) is 0 Å². The van der Waals surface area contributed by atoms with Gasteiger partial charge in [-0.1, -0.05) is 30.7 Å². The Bertz CT molecular complexity index is 331. The molecule has 0 spiro atoms. The molecule has 0 aromatic heterocycles. The molecule has 0 aliphatic heterocycles. The summed E-state index contributed by atoms with van der Waals surface area (Å²) in [6, 6.07) is 0. The van der Waals surface area contributed by atoms with Gasteiger partial charge >= 0.3 is 0 Å². The first-order chi connectivity index (χ1) is 8.18. The van der Waals surface area contributed by atoms with Crippen molar-refractivity contribution in [2.45, 2.75) is 65.1 Å². The van der Waals surface area contributed by atoms with Crippen LogP contribution in [0.5, 0.6) is 0 Å². The molecule has 0 radical (unpaired) electrons. The molecule has 0 aromatic rings. The van der Waals surface area contributed by atoms with Crippen LogP contribution in [0.1, 0.15) is 53.9 Å². The van der Waals surface area contributed by atoms with E-state index in [2.05, 4.69) is 32.1 Å². The highest BCUT2D eigenvalue weighted by Crippen LogP contribution is 2.46. The van der Waals surface area contributed by atoms with Gasteiger partial charge in [-0.05, 0) is 52.9 Å². The van der Waals surface area contributed by atoms with E-state index >= 15 is 0 Å². The number of rotatable bonds is 4. The molecule has 1 fully saturated rings. The summed E-state index contributed by atoms with van der Waals surface area (Å²) >= 11 is 0. The van der Waals surface area contributed by atoms with Crippen molar-refractivity contribution in [1.29, 1.82) is 0 Å². The van der Waals surface area contributed by atoms with Crippen molar-refractivity contribution in [2.75, 3.05) is 0 Å². The molecule has 0 amide bonds. The average molecular weight is 252 g/mol. The van der Waals surface area contributed by atoms with E-state index < -0.39 is 11.2 Å². The van der Waals surface area contributed by atoms with Crippen molar-refractivity contribution in [3.8, 4) is 0 Å². The van der Waals surface area contributed by atoms with E-state index in [0.717, 1.165) is 19.3 Å². The van der Waals surface area contributed by atoms with Gasteiger partial charge in [-0.3, -0.25) is 0 Å². The van der Waals surface area contributed by atoms with Gasteiger partial charge in [0.25, 0.3) is 0 Å². The van der Waals surface area contributed by atoms with Crippen molar-refractivity contribution < 1.29 is 10.2 Å². The van der Waals surface area contributed by atoms with E-state index in [1.165, 1.54) is 5.57 Å². The molecule has 3 atom stereocenters. The first-order valence-corrected chi connectivity index (χ1v) is 6.98. The maximum Gasteiger partial charge on any atom is 0.0686 e. The lowest BCUT2D eigenvalue weighted by Gasteiger charge is -2.33. The molecule has 1 aliphatic carbocycles. The second-order valence-electron chi connectivity index (χ2n) is 6.40. The standard InChI is InChI=1S/C16H28O2/c1-6-7-12(2)8-9-14-13(15(3,4)17)10-11-16(14,5)18/h7-9,13-14,17-18H,6,10-11H2,1-5H3/b9-8+,12-7+. The van der Waals surface area contributed by atoms with Gasteiger partial charge in [0, 0.05) is 5.92 Å². The fraction of sp³-hybridized carbons (Fsp3) is 0.750. The molecule has 2 nitrogen and oxygen atoms in total. The second-order valence-corrected chi connectivity index (χ2v) is 6.40. The van der Waals surface area contributed by atoms with Crippen LogP contribution in [0.25, 0.3) is 0 Å². The van der Waals surface area contributed by atoms with E-state index in [9.17, 15) is 10.2 Å². The maximum atomic E-state index is 10.4. The second kappa shape index (κ2) is 5.58. The Hall–Kier alpha value is -0.600. The highest BCUT2D eigenvalue weighted by atomic mass is 16.3. The van der Waals surface area contributed by atoms with Crippen LogP contribution in [-0.4, -0.2) is 21.4 Å². The first kappa shape index (κ1) is 15.5. The zero-order valence-corrected chi connectivity index (χ0v) is 12.4. The minimum absolute atomic E-state index is 0.0257. The molecule has 0 aromatic carbocycles. The zero-order valence-electron chi connectivity index (χ0n) is 12.4. The fourth-order valence-corrected chi connectivity index (χ4v) is 3.01. The predicted molar refractivity (Wildman–Crippen MR) is 76.3 cm³/mol. The van der Waals surface area contributed by atoms with Crippen LogP contribution >= 0.6 is 0 Å². The van der Waals surface area contributed by atoms with E-state index in [1.807, 2.05) is 20.8 Å². The van der Waals surface area contributed by atoms with Crippen molar-refractivity contribution in [3.05, 3.63) is 23.8 Å². The highest BCUT2D eigenvalue weighted by molar-refractivity contribution is 5.19. The highest BCUT2D eigenvalue weighted by Gasteiger charge is 2.47. The van der Waals surface area contributed by atoms with Gasteiger partial charge in [-0.25, -0.2) is 0 Å². The molecule has 1 aliphatic rings. The molecule has 0 heterocycles. The Morgan fingerprint density at radius 3 is 2.56 bits per heavy atom. The number of hydrogen-bond donors (Lipinski definition) is 2. The van der Waals surface area contributed by atoms with Gasteiger partial charge in [-0.15, -0.1) is 0 Å². The lowest BCUT2D eigenvalue weighted by molar-refractivity contribution is -0.0294. The van der Waals surface area contributed by atoms with E-state index in [0.29, 0.717) is 0 Å². The van der Waals surface area contributed by atoms with Crippen LogP contribution in [0, 0.1) is 11.8 Å². The molecular formula is C16H28O2. The van der Waals surface area contributed by atoms with Gasteiger partial charge in [0.2, 0.25) is 0 Å². The summed E-state index contributed by atoms with van der Waals surface area (Å²) in [5.41, 5.74) is -0.222. The third-order valence-electron chi connectivity index (χ3n) is 4.11. The van der Waals surface area contributed by atoms with E-state index in [-0.39, 0.29) is 11.8 Å². The van der Waals surface area contributed by atoms with Gasteiger partial charge in [0.15, 0.2) is 0 Å². The largest absolute Gasteiger partial charge is 0.390 e. The molecule has 104 valence electrons. The van der Waals surface area contributed by atoms with E-state index in [4.69, 9.17) is 0 Å². The normalized spacial score (nSPS) is 34.5. The van der Waals surface area contributed by atoms with Gasteiger partial charge in [0.1, 0.15) is 0 Å². The fourth-order valence-electron chi connectivity index (χ4n) is 3.01. The number of allylic oxidation sites excluding steroid dienone is 3. The van der Waals surface area contributed by atoms with Crippen molar-refractivity contribution in [2.24, 2.45) is 11.8 Å². The Labute approximate surface area is 111 Å². The molecule has 0 saturated heterocycles. The summed E-state index contributed by atoms with van der Waals surface area (Å²) in [6.45, 7) is 9.75. The van der Waals surface area contributed by atoms with Crippen LogP contribution in [0.3, 0.4) is 0 Å². The molecule has 3 unspecified atom stereocenters. The van der Waals surface area contributed by atoms with Crippen LogP contribution in [-0.2, 0) is 0 Å². The lowest BCUT2D eigenvalue weighted by atomic mass is 9.78. The summed E-state index contributed by atoms with van der Waals surface area (Å²) in [4.78, 5) is 0. The number of hydrogen-bond acceptors (Lipinski definition) is 2. The SMILES string of the molecule is CC/C=C(C)/C=C/C1C(C(C)(C)O)CCC1(C)O. The lowest BCUT2D eigenvalue weighted by Crippen LogP contribution is -2.39. The van der Waals surface area contributed by atoms with E-state index in [1.54, 1.807) is 0 Å². The Morgan fingerprint density at radius 2 is 2.06 bits per heavy atom. The maximum absolute atomic E-state index is 10.4. The third kappa shape index (κ3) is 3.69. The van der Waals surface area contributed by atoms with Crippen LogP contribution in [0.15, 0.2) is 23.8 Å². The average Bonchev–Trinajstić information content (AvgIpc) is 2.50. The Balaban J connectivity index is 2.90. The molecule has 18 heavy (non-hydrogen) atoms. The summed E-state index contributed by atoms with van der Waals surface area (Å²) in [7, 11) is 0. The van der Waals surface area contributed by atoms with Gasteiger partial charge in [-0.2, -0.15) is 0 Å². The first-order valence-electron chi connectivity index (χ1n) is 6.98. The minimum atomic E-state index is -0.738. The molecule has 1 saturated carbocycles. The summed E-state index contributed by atoms with van der Waals surface area (Å²) < 4.78 is 0. The summed E-state index contributed by atoms with van der Waals surface area (Å²) in [6.07, 6.45) is 8.98. The smallest absolute Gasteiger partial charge is 0.0686 e. The molecule has 2 N–H and O–H groups in total. The van der Waals surface area contributed by atoms with Gasteiger partial charge in [0.05, 0.1) is 11.2 Å². The summed E-state index contributed by atoms with van der Waals surface area (Å²) in [5, 5.41) is 20.7. The topological polar surface area (TPSA) is 40.5 Å². The van der Waals surface area contributed by atoms with Crippen molar-refractivity contribution in [1.82, 2.24) is 0 Å².